The molecule has 1 rings (SSSR count). The van der Waals surface area contributed by atoms with Crippen molar-refractivity contribution in [3.63, 3.8) is 0 Å². The minimum atomic E-state index is 0.0908. The summed E-state index contributed by atoms with van der Waals surface area (Å²) in [5.74, 6) is 0.957. The molecule has 0 aliphatic heterocycles. The molecule has 1 aromatic rings. The summed E-state index contributed by atoms with van der Waals surface area (Å²) in [5.41, 5.74) is 6.78. The van der Waals surface area contributed by atoms with Crippen LogP contribution in [-0.4, -0.2) is 25.1 Å². The molecule has 112 valence electrons. The van der Waals surface area contributed by atoms with Gasteiger partial charge in [0, 0.05) is 18.5 Å². The molecular formula is C16H26N2O2. The third-order valence-electron chi connectivity index (χ3n) is 3.19. The number of rotatable bonds is 8. The number of hydrogen-bond donors (Lipinski definition) is 2. The summed E-state index contributed by atoms with van der Waals surface area (Å²) in [5, 5.41) is 3.02. The first-order chi connectivity index (χ1) is 9.52. The summed E-state index contributed by atoms with van der Waals surface area (Å²) < 4.78 is 5.32. The molecule has 0 saturated carbocycles. The van der Waals surface area contributed by atoms with Gasteiger partial charge in [0.2, 0.25) is 5.91 Å². The highest BCUT2D eigenvalue weighted by Gasteiger charge is 2.10. The molecular weight excluding hydrogens is 252 g/mol. The lowest BCUT2D eigenvalue weighted by Gasteiger charge is -2.16. The molecule has 0 heterocycles. The van der Waals surface area contributed by atoms with Gasteiger partial charge in [-0.3, -0.25) is 4.79 Å². The number of ether oxygens (including phenoxy) is 1. The van der Waals surface area contributed by atoms with Crippen molar-refractivity contribution < 1.29 is 9.53 Å². The molecule has 0 fully saturated rings. The van der Waals surface area contributed by atoms with E-state index in [2.05, 4.69) is 5.32 Å². The van der Waals surface area contributed by atoms with E-state index in [9.17, 15) is 4.79 Å². The molecule has 3 N–H and O–H groups in total. The normalized spacial score (nSPS) is 13.6. The van der Waals surface area contributed by atoms with Crippen LogP contribution in [0.5, 0.6) is 5.75 Å². The Balaban J connectivity index is 2.39. The summed E-state index contributed by atoms with van der Waals surface area (Å²) in [4.78, 5) is 11.8. The first-order valence-electron chi connectivity index (χ1n) is 7.19. The number of amides is 1. The summed E-state index contributed by atoms with van der Waals surface area (Å²) in [7, 11) is 1.66. The molecule has 0 radical (unpaired) electrons. The molecule has 1 amide bonds. The number of hydrogen-bond acceptors (Lipinski definition) is 3. The van der Waals surface area contributed by atoms with Crippen LogP contribution in [0.25, 0.3) is 0 Å². The Hall–Kier alpha value is -1.55. The maximum Gasteiger partial charge on any atom is 0.220 e. The molecule has 0 aliphatic rings. The van der Waals surface area contributed by atoms with Crippen LogP contribution in [0.1, 0.15) is 38.7 Å². The summed E-state index contributed by atoms with van der Waals surface area (Å²) >= 11 is 0. The molecule has 20 heavy (non-hydrogen) atoms. The van der Waals surface area contributed by atoms with Crippen molar-refractivity contribution >= 4 is 5.91 Å². The predicted octanol–water partition coefficient (Wildman–Crippen LogP) is 2.26. The molecule has 0 aromatic heterocycles. The minimum absolute atomic E-state index is 0.0908. The topological polar surface area (TPSA) is 64.3 Å². The van der Waals surface area contributed by atoms with Gasteiger partial charge in [-0.2, -0.15) is 0 Å². The van der Waals surface area contributed by atoms with Gasteiger partial charge in [0.25, 0.3) is 0 Å². The van der Waals surface area contributed by atoms with Crippen molar-refractivity contribution in [2.24, 2.45) is 5.73 Å². The molecule has 0 bridgehead atoms. The standard InChI is InChI=1S/C16H26N2O2/c1-12(17)7-6-10-16(19)18-13(2)11-14-8-4-5-9-15(14)20-3/h4-5,8-9,12-13H,6-7,10-11,17H2,1-3H3,(H,18,19). The van der Waals surface area contributed by atoms with E-state index in [0.717, 1.165) is 30.6 Å². The number of benzene rings is 1. The lowest BCUT2D eigenvalue weighted by molar-refractivity contribution is -0.121. The van der Waals surface area contributed by atoms with Gasteiger partial charge in [0.15, 0.2) is 0 Å². The quantitative estimate of drug-likeness (QED) is 0.766. The molecule has 2 unspecified atom stereocenters. The Morgan fingerprint density at radius 3 is 2.70 bits per heavy atom. The van der Waals surface area contributed by atoms with E-state index in [4.69, 9.17) is 10.5 Å². The smallest absolute Gasteiger partial charge is 0.220 e. The van der Waals surface area contributed by atoms with Gasteiger partial charge < -0.3 is 15.8 Å². The zero-order valence-electron chi connectivity index (χ0n) is 12.7. The SMILES string of the molecule is COc1ccccc1CC(C)NC(=O)CCCC(C)N. The third-order valence-corrected chi connectivity index (χ3v) is 3.19. The Morgan fingerprint density at radius 1 is 1.35 bits per heavy atom. The zero-order chi connectivity index (χ0) is 15.0. The van der Waals surface area contributed by atoms with Gasteiger partial charge in [-0.1, -0.05) is 18.2 Å². The average molecular weight is 278 g/mol. The molecule has 4 nitrogen and oxygen atoms in total. The molecule has 0 spiro atoms. The predicted molar refractivity (Wildman–Crippen MR) is 81.8 cm³/mol. The van der Waals surface area contributed by atoms with Gasteiger partial charge in [-0.25, -0.2) is 0 Å². The highest BCUT2D eigenvalue weighted by atomic mass is 16.5. The van der Waals surface area contributed by atoms with Crippen molar-refractivity contribution in [1.82, 2.24) is 5.32 Å². The van der Waals surface area contributed by atoms with Crippen LogP contribution < -0.4 is 15.8 Å². The molecule has 2 atom stereocenters. The van der Waals surface area contributed by atoms with Crippen molar-refractivity contribution in [2.75, 3.05) is 7.11 Å². The molecule has 4 heteroatoms. The number of methoxy groups -OCH3 is 1. The monoisotopic (exact) mass is 278 g/mol. The molecule has 1 aromatic carbocycles. The van der Waals surface area contributed by atoms with Crippen molar-refractivity contribution in [1.29, 1.82) is 0 Å². The van der Waals surface area contributed by atoms with E-state index in [1.54, 1.807) is 7.11 Å². The fourth-order valence-corrected chi connectivity index (χ4v) is 2.18. The fourth-order valence-electron chi connectivity index (χ4n) is 2.18. The lowest BCUT2D eigenvalue weighted by Crippen LogP contribution is -2.34. The molecule has 0 aliphatic carbocycles. The largest absolute Gasteiger partial charge is 0.496 e. The average Bonchev–Trinajstić information content (AvgIpc) is 2.38. The Kier molecular flexibility index (Phi) is 7.09. The third kappa shape index (κ3) is 6.06. The van der Waals surface area contributed by atoms with E-state index in [1.165, 1.54) is 0 Å². The van der Waals surface area contributed by atoms with E-state index in [-0.39, 0.29) is 18.0 Å². The van der Waals surface area contributed by atoms with Gasteiger partial charge in [0.1, 0.15) is 5.75 Å². The van der Waals surface area contributed by atoms with E-state index in [1.807, 2.05) is 38.1 Å². The van der Waals surface area contributed by atoms with Crippen molar-refractivity contribution in [3.8, 4) is 5.75 Å². The van der Waals surface area contributed by atoms with Gasteiger partial charge >= 0.3 is 0 Å². The number of nitrogens with two attached hydrogens (primary N) is 1. The van der Waals surface area contributed by atoms with E-state index in [0.29, 0.717) is 6.42 Å². The minimum Gasteiger partial charge on any atom is -0.496 e. The maximum atomic E-state index is 11.8. The maximum absolute atomic E-state index is 11.8. The van der Waals surface area contributed by atoms with Crippen molar-refractivity contribution in [3.05, 3.63) is 29.8 Å². The summed E-state index contributed by atoms with van der Waals surface area (Å²) in [6.45, 7) is 3.97. The first kappa shape index (κ1) is 16.5. The van der Waals surface area contributed by atoms with Gasteiger partial charge in [-0.15, -0.1) is 0 Å². The van der Waals surface area contributed by atoms with Crippen LogP contribution >= 0.6 is 0 Å². The van der Waals surface area contributed by atoms with Gasteiger partial charge in [-0.05, 0) is 44.7 Å². The number of nitrogens with one attached hydrogen (secondary N) is 1. The van der Waals surface area contributed by atoms with Crippen LogP contribution in [0, 0.1) is 0 Å². The van der Waals surface area contributed by atoms with Crippen LogP contribution in [0.4, 0.5) is 0 Å². The Bertz CT molecular complexity index is 419. The Morgan fingerprint density at radius 2 is 2.05 bits per heavy atom. The van der Waals surface area contributed by atoms with E-state index >= 15 is 0 Å². The second-order valence-corrected chi connectivity index (χ2v) is 5.35. The van der Waals surface area contributed by atoms with Gasteiger partial charge in [0.05, 0.1) is 7.11 Å². The van der Waals surface area contributed by atoms with Crippen LogP contribution in [-0.2, 0) is 11.2 Å². The summed E-state index contributed by atoms with van der Waals surface area (Å²) in [6, 6.07) is 8.14. The second-order valence-electron chi connectivity index (χ2n) is 5.35. The number of carbonyl (C=O) groups is 1. The highest BCUT2D eigenvalue weighted by molar-refractivity contribution is 5.76. The summed E-state index contributed by atoms with van der Waals surface area (Å²) in [6.07, 6.45) is 3.03. The van der Waals surface area contributed by atoms with Crippen molar-refractivity contribution in [2.45, 2.75) is 51.6 Å². The van der Waals surface area contributed by atoms with E-state index < -0.39 is 0 Å². The molecule has 0 saturated heterocycles. The zero-order valence-corrected chi connectivity index (χ0v) is 12.7. The Labute approximate surface area is 121 Å². The number of para-hydroxylation sites is 1. The fraction of sp³-hybridized carbons (Fsp3) is 0.562. The van der Waals surface area contributed by atoms with Crippen LogP contribution in [0.3, 0.4) is 0 Å². The first-order valence-corrected chi connectivity index (χ1v) is 7.19. The lowest BCUT2D eigenvalue weighted by atomic mass is 10.1. The number of carbonyl (C=O) groups excluding carboxylic acids is 1. The second kappa shape index (κ2) is 8.59. The van der Waals surface area contributed by atoms with Crippen LogP contribution in [0.2, 0.25) is 0 Å². The van der Waals surface area contributed by atoms with Crippen LogP contribution in [0.15, 0.2) is 24.3 Å². The highest BCUT2D eigenvalue weighted by Crippen LogP contribution is 2.18.